The molecule has 1 amide bonds. The number of carbonyl (C=O) groups excluding carboxylic acids is 1. The summed E-state index contributed by atoms with van der Waals surface area (Å²) in [5.74, 6) is 0.634. The Morgan fingerprint density at radius 2 is 2.00 bits per heavy atom. The van der Waals surface area contributed by atoms with Crippen LogP contribution in [0.4, 0.5) is 0 Å². The molecule has 2 bridgehead atoms. The van der Waals surface area contributed by atoms with Gasteiger partial charge in [-0.25, -0.2) is 0 Å². The fraction of sp³-hybridized carbons (Fsp3) is 0.474. The van der Waals surface area contributed by atoms with Crippen LogP contribution < -0.4 is 5.32 Å². The molecule has 3 aliphatic rings. The summed E-state index contributed by atoms with van der Waals surface area (Å²) in [7, 11) is 1.93. The topological polar surface area (TPSA) is 50.2 Å². The first-order valence-corrected chi connectivity index (χ1v) is 8.77. The van der Waals surface area contributed by atoms with E-state index in [2.05, 4.69) is 22.1 Å². The molecule has 5 rings (SSSR count). The summed E-state index contributed by atoms with van der Waals surface area (Å²) in [5.41, 5.74) is 2.54. The highest BCUT2D eigenvalue weighted by Gasteiger charge is 2.40. The van der Waals surface area contributed by atoms with Crippen molar-refractivity contribution in [2.45, 2.75) is 31.8 Å². The molecule has 3 saturated heterocycles. The summed E-state index contributed by atoms with van der Waals surface area (Å²) >= 11 is 0. The van der Waals surface area contributed by atoms with Gasteiger partial charge in [0.1, 0.15) is 5.69 Å². The molecular formula is C19H24N4O. The van der Waals surface area contributed by atoms with Gasteiger partial charge < -0.3 is 9.88 Å². The van der Waals surface area contributed by atoms with Gasteiger partial charge in [0.25, 0.3) is 5.91 Å². The van der Waals surface area contributed by atoms with Crippen LogP contribution in [0.15, 0.2) is 36.5 Å². The van der Waals surface area contributed by atoms with E-state index in [0.717, 1.165) is 11.4 Å². The lowest BCUT2D eigenvalue weighted by atomic mass is 9.79. The van der Waals surface area contributed by atoms with Crippen LogP contribution in [0.5, 0.6) is 0 Å². The summed E-state index contributed by atoms with van der Waals surface area (Å²) in [6.45, 7) is 4.58. The number of nitrogens with zero attached hydrogens (tertiary/aromatic N) is 3. The molecule has 0 radical (unpaired) electrons. The predicted octanol–water partition coefficient (Wildman–Crippen LogP) is 2.30. The second-order valence-electron chi connectivity index (χ2n) is 6.99. The Bertz CT molecular complexity index is 729. The van der Waals surface area contributed by atoms with Crippen molar-refractivity contribution in [1.29, 1.82) is 0 Å². The highest BCUT2D eigenvalue weighted by Crippen LogP contribution is 2.32. The van der Waals surface area contributed by atoms with Crippen LogP contribution in [0.25, 0.3) is 11.4 Å². The maximum absolute atomic E-state index is 12.8. The number of piperidine rings is 3. The van der Waals surface area contributed by atoms with E-state index in [-0.39, 0.29) is 11.9 Å². The van der Waals surface area contributed by atoms with E-state index in [4.69, 9.17) is 0 Å². The summed E-state index contributed by atoms with van der Waals surface area (Å²) in [6, 6.07) is 10.4. The molecule has 5 heteroatoms. The van der Waals surface area contributed by atoms with Gasteiger partial charge in [0.05, 0.1) is 11.4 Å². The van der Waals surface area contributed by atoms with Crippen molar-refractivity contribution in [1.82, 2.24) is 19.8 Å². The van der Waals surface area contributed by atoms with Gasteiger partial charge in [-0.2, -0.15) is 0 Å². The number of aromatic nitrogens is 2. The minimum absolute atomic E-state index is 0.0188. The van der Waals surface area contributed by atoms with Crippen molar-refractivity contribution in [3.8, 4) is 11.4 Å². The van der Waals surface area contributed by atoms with Crippen molar-refractivity contribution < 1.29 is 4.79 Å². The molecular weight excluding hydrogens is 300 g/mol. The maximum Gasteiger partial charge on any atom is 0.268 e. The van der Waals surface area contributed by atoms with Crippen LogP contribution in [-0.2, 0) is 7.05 Å². The second-order valence-corrected chi connectivity index (χ2v) is 6.99. The van der Waals surface area contributed by atoms with Gasteiger partial charge in [-0.05, 0) is 63.0 Å². The highest BCUT2D eigenvalue weighted by atomic mass is 16.2. The summed E-state index contributed by atoms with van der Waals surface area (Å²) in [4.78, 5) is 19.7. The van der Waals surface area contributed by atoms with Crippen molar-refractivity contribution in [3.63, 3.8) is 0 Å². The maximum atomic E-state index is 12.8. The third-order valence-corrected chi connectivity index (χ3v) is 5.76. The molecule has 1 N–H and O–H groups in total. The Labute approximate surface area is 142 Å². The number of nitrogens with one attached hydrogen (secondary N) is 1. The monoisotopic (exact) mass is 324 g/mol. The van der Waals surface area contributed by atoms with Crippen LogP contribution in [0.3, 0.4) is 0 Å². The smallest absolute Gasteiger partial charge is 0.268 e. The van der Waals surface area contributed by atoms with Gasteiger partial charge in [0, 0.05) is 25.3 Å². The van der Waals surface area contributed by atoms with Crippen LogP contribution in [0, 0.1) is 5.92 Å². The quantitative estimate of drug-likeness (QED) is 0.942. The third kappa shape index (κ3) is 2.53. The zero-order valence-corrected chi connectivity index (χ0v) is 14.3. The van der Waals surface area contributed by atoms with Crippen molar-refractivity contribution in [2.24, 2.45) is 13.0 Å². The first kappa shape index (κ1) is 15.4. The zero-order valence-electron chi connectivity index (χ0n) is 14.3. The van der Waals surface area contributed by atoms with E-state index in [1.165, 1.54) is 25.9 Å². The molecule has 0 aliphatic carbocycles. The predicted molar refractivity (Wildman–Crippen MR) is 93.7 cm³/mol. The molecule has 2 aromatic rings. The van der Waals surface area contributed by atoms with E-state index < -0.39 is 0 Å². The fourth-order valence-corrected chi connectivity index (χ4v) is 4.28. The Kier molecular flexibility index (Phi) is 3.88. The van der Waals surface area contributed by atoms with E-state index in [9.17, 15) is 4.79 Å². The van der Waals surface area contributed by atoms with Gasteiger partial charge in [-0.15, -0.1) is 0 Å². The summed E-state index contributed by atoms with van der Waals surface area (Å²) in [6.07, 6.45) is 4.17. The molecule has 0 unspecified atom stereocenters. The molecule has 0 saturated carbocycles. The van der Waals surface area contributed by atoms with E-state index >= 15 is 0 Å². The number of rotatable bonds is 3. The van der Waals surface area contributed by atoms with Crippen LogP contribution in [0.2, 0.25) is 0 Å². The molecule has 3 aliphatic heterocycles. The average molecular weight is 324 g/mol. The van der Waals surface area contributed by atoms with Gasteiger partial charge in [0.15, 0.2) is 0 Å². The minimum Gasteiger partial charge on any atom is -0.346 e. The van der Waals surface area contributed by atoms with Crippen molar-refractivity contribution in [3.05, 3.63) is 42.2 Å². The normalized spacial score (nSPS) is 28.8. The number of fused-ring (bicyclic) bond motifs is 3. The van der Waals surface area contributed by atoms with E-state index in [0.29, 0.717) is 17.7 Å². The van der Waals surface area contributed by atoms with Crippen molar-refractivity contribution in [2.75, 3.05) is 13.1 Å². The zero-order chi connectivity index (χ0) is 16.7. The van der Waals surface area contributed by atoms with Gasteiger partial charge in [-0.1, -0.05) is 6.07 Å². The van der Waals surface area contributed by atoms with Crippen LogP contribution in [0.1, 0.15) is 30.3 Å². The third-order valence-electron chi connectivity index (χ3n) is 5.76. The summed E-state index contributed by atoms with van der Waals surface area (Å²) < 4.78 is 1.93. The molecule has 2 atom stereocenters. The summed E-state index contributed by atoms with van der Waals surface area (Å²) in [5, 5.41) is 3.30. The van der Waals surface area contributed by atoms with E-state index in [1.54, 1.807) is 6.20 Å². The van der Waals surface area contributed by atoms with Gasteiger partial charge in [0.2, 0.25) is 0 Å². The van der Waals surface area contributed by atoms with Gasteiger partial charge >= 0.3 is 0 Å². The van der Waals surface area contributed by atoms with Gasteiger partial charge in [-0.3, -0.25) is 14.7 Å². The second kappa shape index (κ2) is 6.06. The lowest BCUT2D eigenvalue weighted by molar-refractivity contribution is 0.0215. The lowest BCUT2D eigenvalue weighted by Gasteiger charge is -2.49. The Hall–Kier alpha value is -2.14. The molecule has 5 heterocycles. The number of carbonyl (C=O) groups is 1. The number of hydrogen-bond donors (Lipinski definition) is 1. The standard InChI is InChI=1S/C19H24N4O/c1-13-18(14-8-11-23(13)12-9-14)21-19(24)17-7-6-16(22(17)2)15-5-3-4-10-20-15/h3-7,10,13-14,18H,8-9,11-12H2,1-2H3,(H,21,24)/t13-,18+/m1/s1. The minimum atomic E-state index is 0.0188. The fourth-order valence-electron chi connectivity index (χ4n) is 4.28. The molecule has 3 fully saturated rings. The molecule has 0 spiro atoms. The highest BCUT2D eigenvalue weighted by molar-refractivity contribution is 5.94. The van der Waals surface area contributed by atoms with E-state index in [1.807, 2.05) is 41.9 Å². The molecule has 5 nitrogen and oxygen atoms in total. The molecule has 126 valence electrons. The Morgan fingerprint density at radius 1 is 1.21 bits per heavy atom. The SMILES string of the molecule is C[C@@H]1[C@H](NC(=O)c2ccc(-c3ccccn3)n2C)C2CCN1CC2. The average Bonchev–Trinajstić information content (AvgIpc) is 3.01. The molecule has 2 aromatic heterocycles. The lowest BCUT2D eigenvalue weighted by Crippen LogP contribution is -2.62. The Morgan fingerprint density at radius 3 is 2.67 bits per heavy atom. The number of pyridine rings is 1. The largest absolute Gasteiger partial charge is 0.346 e. The van der Waals surface area contributed by atoms with Crippen LogP contribution in [-0.4, -0.2) is 45.5 Å². The molecule has 24 heavy (non-hydrogen) atoms. The van der Waals surface area contributed by atoms with Crippen LogP contribution >= 0.6 is 0 Å². The Balaban J connectivity index is 1.54. The number of amides is 1. The number of hydrogen-bond acceptors (Lipinski definition) is 3. The van der Waals surface area contributed by atoms with Crippen molar-refractivity contribution >= 4 is 5.91 Å². The molecule has 0 aromatic carbocycles. The first-order valence-electron chi connectivity index (χ1n) is 8.77. The first-order chi connectivity index (χ1) is 11.6.